The van der Waals surface area contributed by atoms with Gasteiger partial charge in [-0.05, 0) is 30.3 Å². The minimum atomic E-state index is -0.960. The fourth-order valence-corrected chi connectivity index (χ4v) is 1.56. The summed E-state index contributed by atoms with van der Waals surface area (Å²) < 4.78 is 5.68. The molecule has 2 rings (SSSR count). The van der Waals surface area contributed by atoms with Crippen LogP contribution in [0.25, 0.3) is 0 Å². The second-order valence-electron chi connectivity index (χ2n) is 3.68. The van der Waals surface area contributed by atoms with Crippen LogP contribution in [0.15, 0.2) is 48.5 Å². The minimum absolute atomic E-state index is 0.222. The monoisotopic (exact) mass is 243 g/mol. The summed E-state index contributed by atoms with van der Waals surface area (Å²) in [5.74, 6) is 0.337. The van der Waals surface area contributed by atoms with Gasteiger partial charge in [0, 0.05) is 7.05 Å². The summed E-state index contributed by atoms with van der Waals surface area (Å²) in [7, 11) is 1.72. The molecule has 0 aliphatic carbocycles. The summed E-state index contributed by atoms with van der Waals surface area (Å²) in [6.07, 6.45) is 0. The maximum absolute atomic E-state index is 10.9. The molecular formula is C14H13NO3. The number of para-hydroxylation sites is 1. The number of rotatable bonds is 4. The Morgan fingerprint density at radius 2 is 1.89 bits per heavy atom. The molecule has 0 bridgehead atoms. The molecule has 0 unspecified atom stereocenters. The molecule has 2 aromatic rings. The van der Waals surface area contributed by atoms with Crippen molar-refractivity contribution in [1.29, 1.82) is 0 Å². The van der Waals surface area contributed by atoms with E-state index >= 15 is 0 Å². The first kappa shape index (κ1) is 12.0. The molecule has 92 valence electrons. The number of carboxylic acids is 1. The summed E-state index contributed by atoms with van der Waals surface area (Å²) in [4.78, 5) is 10.9. The molecule has 0 aromatic heterocycles. The minimum Gasteiger partial charge on any atom is -0.478 e. The average Bonchev–Trinajstić information content (AvgIpc) is 2.40. The van der Waals surface area contributed by atoms with Crippen molar-refractivity contribution in [3.63, 3.8) is 0 Å². The van der Waals surface area contributed by atoms with Crippen LogP contribution in [0, 0.1) is 0 Å². The molecule has 4 nitrogen and oxygen atoms in total. The lowest BCUT2D eigenvalue weighted by Crippen LogP contribution is -1.99. The van der Waals surface area contributed by atoms with Crippen LogP contribution in [0.5, 0.6) is 11.5 Å². The second-order valence-corrected chi connectivity index (χ2v) is 3.68. The van der Waals surface area contributed by atoms with Crippen LogP contribution in [0.3, 0.4) is 0 Å². The van der Waals surface area contributed by atoms with Gasteiger partial charge in [-0.1, -0.05) is 18.2 Å². The van der Waals surface area contributed by atoms with Crippen molar-refractivity contribution in [2.75, 3.05) is 12.4 Å². The van der Waals surface area contributed by atoms with E-state index in [9.17, 15) is 4.79 Å². The van der Waals surface area contributed by atoms with Crippen molar-refractivity contribution < 1.29 is 14.6 Å². The Morgan fingerprint density at radius 1 is 1.17 bits per heavy atom. The van der Waals surface area contributed by atoms with Gasteiger partial charge in [-0.15, -0.1) is 0 Å². The van der Waals surface area contributed by atoms with Gasteiger partial charge < -0.3 is 15.2 Å². The van der Waals surface area contributed by atoms with E-state index in [2.05, 4.69) is 5.32 Å². The Balaban J connectivity index is 2.31. The SMILES string of the molecule is CNc1cc(C(=O)O)ccc1Oc1ccccc1. The number of ether oxygens (including phenoxy) is 1. The largest absolute Gasteiger partial charge is 0.478 e. The Labute approximate surface area is 105 Å². The quantitative estimate of drug-likeness (QED) is 0.865. The molecule has 0 radical (unpaired) electrons. The van der Waals surface area contributed by atoms with Crippen molar-refractivity contribution in [2.24, 2.45) is 0 Å². The smallest absolute Gasteiger partial charge is 0.335 e. The first-order valence-corrected chi connectivity index (χ1v) is 5.48. The van der Waals surface area contributed by atoms with E-state index in [0.29, 0.717) is 17.2 Å². The van der Waals surface area contributed by atoms with Gasteiger partial charge in [0.15, 0.2) is 5.75 Å². The van der Waals surface area contributed by atoms with Gasteiger partial charge in [0.2, 0.25) is 0 Å². The van der Waals surface area contributed by atoms with Crippen LogP contribution in [-0.2, 0) is 0 Å². The van der Waals surface area contributed by atoms with Crippen LogP contribution in [0.1, 0.15) is 10.4 Å². The molecule has 0 fully saturated rings. The van der Waals surface area contributed by atoms with Crippen molar-refractivity contribution in [3.05, 3.63) is 54.1 Å². The van der Waals surface area contributed by atoms with Gasteiger partial charge in [0.1, 0.15) is 5.75 Å². The fraction of sp³-hybridized carbons (Fsp3) is 0.0714. The zero-order chi connectivity index (χ0) is 13.0. The molecule has 0 aliphatic heterocycles. The zero-order valence-electron chi connectivity index (χ0n) is 9.88. The molecule has 18 heavy (non-hydrogen) atoms. The highest BCUT2D eigenvalue weighted by Crippen LogP contribution is 2.30. The van der Waals surface area contributed by atoms with Gasteiger partial charge in [0.25, 0.3) is 0 Å². The highest BCUT2D eigenvalue weighted by molar-refractivity contribution is 5.89. The third-order valence-corrected chi connectivity index (χ3v) is 2.47. The molecule has 0 saturated carbocycles. The van der Waals surface area contributed by atoms with Crippen LogP contribution < -0.4 is 10.1 Å². The molecule has 0 atom stereocenters. The molecule has 0 amide bonds. The first-order valence-electron chi connectivity index (χ1n) is 5.48. The van der Waals surface area contributed by atoms with Crippen molar-refractivity contribution in [1.82, 2.24) is 0 Å². The van der Waals surface area contributed by atoms with Crippen LogP contribution in [0.2, 0.25) is 0 Å². The number of carbonyl (C=O) groups is 1. The second kappa shape index (κ2) is 5.23. The van der Waals surface area contributed by atoms with Gasteiger partial charge >= 0.3 is 5.97 Å². The van der Waals surface area contributed by atoms with Crippen molar-refractivity contribution >= 4 is 11.7 Å². The Bertz CT molecular complexity index is 552. The summed E-state index contributed by atoms with van der Waals surface area (Å²) >= 11 is 0. The standard InChI is InChI=1S/C14H13NO3/c1-15-12-9-10(14(16)17)7-8-13(12)18-11-5-3-2-4-6-11/h2-9,15H,1H3,(H,16,17). The highest BCUT2D eigenvalue weighted by atomic mass is 16.5. The van der Waals surface area contributed by atoms with E-state index in [1.807, 2.05) is 30.3 Å². The van der Waals surface area contributed by atoms with Crippen LogP contribution >= 0.6 is 0 Å². The third kappa shape index (κ3) is 2.60. The molecule has 0 spiro atoms. The Kier molecular flexibility index (Phi) is 3.48. The lowest BCUT2D eigenvalue weighted by atomic mass is 10.2. The molecule has 2 aromatic carbocycles. The third-order valence-electron chi connectivity index (χ3n) is 2.47. The maximum atomic E-state index is 10.9. The Hall–Kier alpha value is -2.49. The topological polar surface area (TPSA) is 58.6 Å². The molecule has 0 aliphatic rings. The van der Waals surface area contributed by atoms with E-state index < -0.39 is 5.97 Å². The maximum Gasteiger partial charge on any atom is 0.335 e. The van der Waals surface area contributed by atoms with Gasteiger partial charge in [-0.3, -0.25) is 0 Å². The van der Waals surface area contributed by atoms with E-state index in [1.165, 1.54) is 6.07 Å². The number of benzene rings is 2. The van der Waals surface area contributed by atoms with Crippen LogP contribution in [-0.4, -0.2) is 18.1 Å². The molecule has 4 heteroatoms. The van der Waals surface area contributed by atoms with Gasteiger partial charge in [0.05, 0.1) is 11.3 Å². The summed E-state index contributed by atoms with van der Waals surface area (Å²) in [5, 5.41) is 11.8. The van der Waals surface area contributed by atoms with E-state index in [-0.39, 0.29) is 5.56 Å². The molecule has 0 saturated heterocycles. The number of hydrogen-bond acceptors (Lipinski definition) is 3. The predicted octanol–water partition coefficient (Wildman–Crippen LogP) is 3.22. The molecule has 0 heterocycles. The number of anilines is 1. The van der Waals surface area contributed by atoms with E-state index in [1.54, 1.807) is 19.2 Å². The van der Waals surface area contributed by atoms with Crippen LogP contribution in [0.4, 0.5) is 5.69 Å². The van der Waals surface area contributed by atoms with E-state index in [0.717, 1.165) is 0 Å². The van der Waals surface area contributed by atoms with Crippen molar-refractivity contribution in [3.8, 4) is 11.5 Å². The first-order chi connectivity index (χ1) is 8.70. The number of aromatic carboxylic acids is 1. The van der Waals surface area contributed by atoms with Crippen molar-refractivity contribution in [2.45, 2.75) is 0 Å². The van der Waals surface area contributed by atoms with Gasteiger partial charge in [-0.2, -0.15) is 0 Å². The lowest BCUT2D eigenvalue weighted by molar-refractivity contribution is 0.0697. The van der Waals surface area contributed by atoms with E-state index in [4.69, 9.17) is 9.84 Å². The summed E-state index contributed by atoms with van der Waals surface area (Å²) in [5.41, 5.74) is 0.860. The Morgan fingerprint density at radius 3 is 2.50 bits per heavy atom. The zero-order valence-corrected chi connectivity index (χ0v) is 9.88. The average molecular weight is 243 g/mol. The normalized spacial score (nSPS) is 9.83. The number of carboxylic acid groups (broad SMARTS) is 1. The number of nitrogens with one attached hydrogen (secondary N) is 1. The molecule has 2 N–H and O–H groups in total. The highest BCUT2D eigenvalue weighted by Gasteiger charge is 2.09. The summed E-state index contributed by atoms with van der Waals surface area (Å²) in [6, 6.07) is 14.0. The predicted molar refractivity (Wildman–Crippen MR) is 69.5 cm³/mol. The molecular weight excluding hydrogens is 230 g/mol. The summed E-state index contributed by atoms with van der Waals surface area (Å²) in [6.45, 7) is 0. The lowest BCUT2D eigenvalue weighted by Gasteiger charge is -2.11. The fourth-order valence-electron chi connectivity index (χ4n) is 1.56. The number of hydrogen-bond donors (Lipinski definition) is 2. The van der Waals surface area contributed by atoms with Gasteiger partial charge in [-0.25, -0.2) is 4.79 Å².